The molecule has 252 valence electrons. The van der Waals surface area contributed by atoms with Crippen LogP contribution < -0.4 is 31.1 Å². The predicted molar refractivity (Wildman–Crippen MR) is 220 cm³/mol. The molecule has 3 nitrogen and oxygen atoms in total. The molecule has 51 heavy (non-hydrogen) atoms. The van der Waals surface area contributed by atoms with Crippen LogP contribution in [0.2, 0.25) is 0 Å². The van der Waals surface area contributed by atoms with Crippen LogP contribution in [0, 0.1) is 0 Å². The first-order valence-electron chi connectivity index (χ1n) is 18.6. The molecule has 4 heteroatoms. The molecule has 6 aromatic rings. The van der Waals surface area contributed by atoms with Gasteiger partial charge in [0.05, 0.1) is 5.69 Å². The summed E-state index contributed by atoms with van der Waals surface area (Å²) >= 11 is 0. The predicted octanol–water partition coefficient (Wildman–Crippen LogP) is 10.4. The number of anilines is 8. The molecule has 0 unspecified atom stereocenters. The van der Waals surface area contributed by atoms with E-state index in [1.165, 1.54) is 67.2 Å². The second-order valence-corrected chi connectivity index (χ2v) is 16.6. The average Bonchev–Trinajstić information content (AvgIpc) is 3.13. The Balaban J connectivity index is 1.40. The van der Waals surface area contributed by atoms with Crippen molar-refractivity contribution in [2.45, 2.75) is 65.2 Å². The number of hydrogen-bond acceptors (Lipinski definition) is 3. The lowest BCUT2D eigenvalue weighted by atomic mass is 9.33. The molecule has 0 fully saturated rings. The minimum atomic E-state index is 0.0129. The van der Waals surface area contributed by atoms with Gasteiger partial charge in [-0.2, -0.15) is 0 Å². The van der Waals surface area contributed by atoms with E-state index in [1.54, 1.807) is 0 Å². The van der Waals surface area contributed by atoms with Crippen molar-refractivity contribution in [1.82, 2.24) is 0 Å². The van der Waals surface area contributed by atoms with Gasteiger partial charge in [-0.3, -0.25) is 0 Å². The minimum Gasteiger partial charge on any atom is -0.342 e. The number of fused-ring (bicyclic) bond motifs is 4. The van der Waals surface area contributed by atoms with Gasteiger partial charge in [-0.25, -0.2) is 0 Å². The van der Waals surface area contributed by atoms with Crippen molar-refractivity contribution in [3.05, 3.63) is 150 Å². The number of nitrogens with zero attached hydrogens (tertiary/aromatic N) is 3. The van der Waals surface area contributed by atoms with Gasteiger partial charge in [-0.1, -0.05) is 120 Å². The smallest absolute Gasteiger partial charge is 0.252 e. The Bertz CT molecular complexity index is 2230. The Morgan fingerprint density at radius 3 is 1.80 bits per heavy atom. The van der Waals surface area contributed by atoms with Crippen molar-refractivity contribution in [2.75, 3.05) is 21.2 Å². The van der Waals surface area contributed by atoms with E-state index in [0.717, 1.165) is 30.8 Å². The van der Waals surface area contributed by atoms with Gasteiger partial charge in [-0.05, 0) is 111 Å². The maximum absolute atomic E-state index is 2.69. The summed E-state index contributed by atoms with van der Waals surface area (Å²) in [5, 5.41) is 0. The van der Waals surface area contributed by atoms with Crippen molar-refractivity contribution in [3.63, 3.8) is 0 Å². The lowest BCUT2D eigenvalue weighted by molar-refractivity contribution is 0.577. The molecule has 0 amide bonds. The molecule has 9 rings (SSSR count). The van der Waals surface area contributed by atoms with Crippen LogP contribution in [0.25, 0.3) is 0 Å². The summed E-state index contributed by atoms with van der Waals surface area (Å²) in [6.07, 6.45) is 2.26. The summed E-state index contributed by atoms with van der Waals surface area (Å²) in [6, 6.07) is 49.9. The average molecular weight is 664 g/mol. The Morgan fingerprint density at radius 2 is 1.18 bits per heavy atom. The van der Waals surface area contributed by atoms with Crippen LogP contribution in [-0.2, 0) is 17.3 Å². The van der Waals surface area contributed by atoms with Gasteiger partial charge in [0.25, 0.3) is 6.71 Å². The summed E-state index contributed by atoms with van der Waals surface area (Å²) in [6.45, 7) is 15.2. The van der Waals surface area contributed by atoms with Crippen LogP contribution in [0.15, 0.2) is 133 Å². The highest BCUT2D eigenvalue weighted by atomic mass is 15.2. The zero-order valence-corrected chi connectivity index (χ0v) is 30.7. The summed E-state index contributed by atoms with van der Waals surface area (Å²) in [4.78, 5) is 7.67. The highest BCUT2D eigenvalue weighted by molar-refractivity contribution is 7.00. The molecule has 0 saturated carbocycles. The van der Waals surface area contributed by atoms with Gasteiger partial charge in [0.15, 0.2) is 0 Å². The van der Waals surface area contributed by atoms with Crippen molar-refractivity contribution in [1.29, 1.82) is 0 Å². The third-order valence-corrected chi connectivity index (χ3v) is 11.2. The normalized spacial score (nSPS) is 14.5. The van der Waals surface area contributed by atoms with Gasteiger partial charge >= 0.3 is 0 Å². The molecule has 0 spiro atoms. The van der Waals surface area contributed by atoms with Crippen LogP contribution in [0.1, 0.15) is 64.7 Å². The third-order valence-electron chi connectivity index (χ3n) is 11.2. The standard InChI is InChI=1S/C47H46BN3/c1-46(2,3)32-24-26-39-41(29-32)51(35-21-14-9-15-22-35)43-31-36(50(33-17-10-7-11-18-33)34-19-12-8-13-20-34)30-42-44(43)48(39)40-27-25-38(47(4,5)6)37-23-16-28-49(42)45(37)40/h7-15,17-22,24-27,29-31H,16,23,28H2,1-6H3. The fraction of sp³-hybridized carbons (Fsp3) is 0.234. The molecule has 6 aromatic carbocycles. The third kappa shape index (κ3) is 5.10. The fourth-order valence-corrected chi connectivity index (χ4v) is 8.88. The van der Waals surface area contributed by atoms with E-state index in [2.05, 4.69) is 190 Å². The molecule has 0 atom stereocenters. The number of hydrogen-bond donors (Lipinski definition) is 0. The van der Waals surface area contributed by atoms with E-state index < -0.39 is 0 Å². The van der Waals surface area contributed by atoms with Gasteiger partial charge in [0.2, 0.25) is 0 Å². The molecule has 3 aliphatic heterocycles. The van der Waals surface area contributed by atoms with E-state index in [4.69, 9.17) is 0 Å². The van der Waals surface area contributed by atoms with Gasteiger partial charge in [-0.15, -0.1) is 0 Å². The Morgan fingerprint density at radius 1 is 0.569 bits per heavy atom. The van der Waals surface area contributed by atoms with E-state index in [9.17, 15) is 0 Å². The SMILES string of the molecule is CC(C)(C)c1ccc2c(c1)N(c1ccccc1)c1cc(N(c3ccccc3)c3ccccc3)cc3c1B2c1ccc(C(C)(C)C)c2c1N3CCC2. The lowest BCUT2D eigenvalue weighted by Gasteiger charge is -2.47. The topological polar surface area (TPSA) is 9.72 Å². The minimum absolute atomic E-state index is 0.0129. The highest BCUT2D eigenvalue weighted by Gasteiger charge is 2.45. The fourth-order valence-electron chi connectivity index (χ4n) is 8.88. The molecule has 3 heterocycles. The Labute approximate surface area is 304 Å². The van der Waals surface area contributed by atoms with Crippen LogP contribution in [0.4, 0.5) is 45.5 Å². The second-order valence-electron chi connectivity index (χ2n) is 16.6. The molecule has 0 radical (unpaired) electrons. The Hall–Kier alpha value is -5.22. The largest absolute Gasteiger partial charge is 0.342 e. The second kappa shape index (κ2) is 11.7. The maximum Gasteiger partial charge on any atom is 0.252 e. The van der Waals surface area contributed by atoms with Crippen molar-refractivity contribution in [3.8, 4) is 0 Å². The van der Waals surface area contributed by atoms with Crippen LogP contribution >= 0.6 is 0 Å². The van der Waals surface area contributed by atoms with Crippen LogP contribution in [-0.4, -0.2) is 13.3 Å². The first-order valence-corrected chi connectivity index (χ1v) is 18.6. The molecule has 0 saturated heterocycles. The van der Waals surface area contributed by atoms with E-state index in [-0.39, 0.29) is 17.5 Å². The lowest BCUT2D eigenvalue weighted by Crippen LogP contribution is -2.62. The monoisotopic (exact) mass is 663 g/mol. The number of benzene rings is 6. The van der Waals surface area contributed by atoms with E-state index in [0.29, 0.717) is 0 Å². The highest BCUT2D eigenvalue weighted by Crippen LogP contribution is 2.48. The molecule has 0 N–H and O–H groups in total. The maximum atomic E-state index is 2.69. The molecule has 0 aromatic heterocycles. The summed E-state index contributed by atoms with van der Waals surface area (Å²) in [7, 11) is 0. The van der Waals surface area contributed by atoms with E-state index in [1.807, 2.05) is 0 Å². The zero-order valence-electron chi connectivity index (χ0n) is 30.7. The van der Waals surface area contributed by atoms with Gasteiger partial charge in [0, 0.05) is 46.4 Å². The Kier molecular flexibility index (Phi) is 7.26. The van der Waals surface area contributed by atoms with E-state index >= 15 is 0 Å². The molecular weight excluding hydrogens is 617 g/mol. The number of rotatable bonds is 4. The quantitative estimate of drug-likeness (QED) is 0.174. The van der Waals surface area contributed by atoms with Crippen molar-refractivity contribution in [2.24, 2.45) is 0 Å². The van der Waals surface area contributed by atoms with Crippen LogP contribution in [0.3, 0.4) is 0 Å². The summed E-state index contributed by atoms with van der Waals surface area (Å²) in [5.74, 6) is 0. The van der Waals surface area contributed by atoms with Crippen molar-refractivity contribution >= 4 is 68.6 Å². The van der Waals surface area contributed by atoms with Gasteiger partial charge in [0.1, 0.15) is 0 Å². The first kappa shape index (κ1) is 31.7. The zero-order chi connectivity index (χ0) is 35.1. The van der Waals surface area contributed by atoms with Gasteiger partial charge < -0.3 is 14.7 Å². The van der Waals surface area contributed by atoms with Crippen molar-refractivity contribution < 1.29 is 0 Å². The number of para-hydroxylation sites is 3. The molecule has 3 aliphatic rings. The molecular formula is C47H46BN3. The van der Waals surface area contributed by atoms with Crippen LogP contribution in [0.5, 0.6) is 0 Å². The first-order chi connectivity index (χ1) is 24.6. The molecule has 0 aliphatic carbocycles. The molecule has 0 bridgehead atoms. The summed E-state index contributed by atoms with van der Waals surface area (Å²) in [5.41, 5.74) is 18.6. The summed E-state index contributed by atoms with van der Waals surface area (Å²) < 4.78 is 0.